The van der Waals surface area contributed by atoms with E-state index in [9.17, 15) is 5.11 Å². The average Bonchev–Trinajstić information content (AvgIpc) is 2.98. The fourth-order valence-corrected chi connectivity index (χ4v) is 3.35. The first kappa shape index (κ1) is 17.0. The van der Waals surface area contributed by atoms with E-state index in [-0.39, 0.29) is 5.75 Å². The third-order valence-electron chi connectivity index (χ3n) is 4.78. The Labute approximate surface area is 152 Å². The maximum atomic E-state index is 9.78. The minimum Gasteiger partial charge on any atom is -0.506 e. The summed E-state index contributed by atoms with van der Waals surface area (Å²) in [5.74, 6) is 2.03. The third-order valence-corrected chi connectivity index (χ3v) is 4.78. The molecular weight excluding hydrogens is 332 g/mol. The summed E-state index contributed by atoms with van der Waals surface area (Å²) in [6, 6.07) is 1.64. The van der Waals surface area contributed by atoms with Gasteiger partial charge in [0.15, 0.2) is 5.82 Å². The first-order chi connectivity index (χ1) is 12.8. The van der Waals surface area contributed by atoms with Gasteiger partial charge in [0.05, 0.1) is 19.4 Å². The van der Waals surface area contributed by atoms with Crippen LogP contribution in [0.4, 0.5) is 11.9 Å². The van der Waals surface area contributed by atoms with Gasteiger partial charge in [-0.25, -0.2) is 0 Å². The fraction of sp³-hybridized carbons (Fsp3) is 0.556. The number of nitrogens with zero attached hydrogens (tertiary/aromatic N) is 6. The second kappa shape index (κ2) is 7.82. The molecule has 1 N–H and O–H groups in total. The van der Waals surface area contributed by atoms with E-state index in [1.807, 2.05) is 0 Å². The second-order valence-electron chi connectivity index (χ2n) is 6.69. The van der Waals surface area contributed by atoms with Crippen molar-refractivity contribution in [1.82, 2.24) is 19.9 Å². The molecule has 8 heteroatoms. The summed E-state index contributed by atoms with van der Waals surface area (Å²) in [5.41, 5.74) is 0.693. The van der Waals surface area contributed by atoms with E-state index in [1.165, 1.54) is 19.0 Å². The number of anilines is 2. The van der Waals surface area contributed by atoms with Crippen LogP contribution in [0, 0.1) is 0 Å². The predicted molar refractivity (Wildman–Crippen MR) is 98.4 cm³/mol. The monoisotopic (exact) mass is 356 g/mol. The number of hydrogen-bond donors (Lipinski definition) is 1. The number of pyridine rings is 1. The highest BCUT2D eigenvalue weighted by molar-refractivity contribution is 5.59. The lowest BCUT2D eigenvalue weighted by atomic mass is 10.2. The largest absolute Gasteiger partial charge is 0.506 e. The van der Waals surface area contributed by atoms with Gasteiger partial charge in [0.2, 0.25) is 11.9 Å². The minimum atomic E-state index is 0.104. The molecule has 0 unspecified atom stereocenters. The summed E-state index contributed by atoms with van der Waals surface area (Å²) in [7, 11) is 0. The highest BCUT2D eigenvalue weighted by Gasteiger charge is 2.20. The maximum Gasteiger partial charge on any atom is 0.230 e. The second-order valence-corrected chi connectivity index (χ2v) is 6.69. The minimum absolute atomic E-state index is 0.104. The highest BCUT2D eigenvalue weighted by atomic mass is 16.5. The summed E-state index contributed by atoms with van der Waals surface area (Å²) in [6.07, 6.45) is 7.89. The normalized spacial score (nSPS) is 18.6. The predicted octanol–water partition coefficient (Wildman–Crippen LogP) is 1.86. The Morgan fingerprint density at radius 1 is 0.808 bits per heavy atom. The number of ether oxygens (including phenoxy) is 1. The van der Waals surface area contributed by atoms with Crippen LogP contribution in [0.5, 0.6) is 5.75 Å². The molecule has 0 amide bonds. The zero-order valence-corrected chi connectivity index (χ0v) is 14.8. The van der Waals surface area contributed by atoms with Gasteiger partial charge in [-0.15, -0.1) is 0 Å². The topological polar surface area (TPSA) is 87.5 Å². The third kappa shape index (κ3) is 3.85. The number of hydrogen-bond acceptors (Lipinski definition) is 8. The van der Waals surface area contributed by atoms with E-state index < -0.39 is 0 Å². The van der Waals surface area contributed by atoms with Crippen LogP contribution in [-0.4, -0.2) is 64.4 Å². The van der Waals surface area contributed by atoms with E-state index >= 15 is 0 Å². The Bertz CT molecular complexity index is 742. The molecular formula is C18H24N6O2. The molecule has 4 heterocycles. The number of rotatable bonds is 3. The molecule has 138 valence electrons. The fourth-order valence-electron chi connectivity index (χ4n) is 3.35. The van der Waals surface area contributed by atoms with Crippen LogP contribution in [0.3, 0.4) is 0 Å². The van der Waals surface area contributed by atoms with Crippen molar-refractivity contribution in [3.8, 4) is 17.1 Å². The van der Waals surface area contributed by atoms with Crippen LogP contribution in [0.2, 0.25) is 0 Å². The van der Waals surface area contributed by atoms with Crippen molar-refractivity contribution >= 4 is 11.9 Å². The highest BCUT2D eigenvalue weighted by Crippen LogP contribution is 2.25. The van der Waals surface area contributed by atoms with Gasteiger partial charge in [-0.3, -0.25) is 4.98 Å². The standard InChI is InChI=1S/C18H24N6O2/c25-15-11-14(12-19-13-15)16-20-17(23-5-3-1-2-4-6-23)22-18(21-16)24-7-9-26-10-8-24/h11-13,25H,1-10H2. The van der Waals surface area contributed by atoms with Crippen LogP contribution < -0.4 is 9.80 Å². The average molecular weight is 356 g/mol. The summed E-state index contributed by atoms with van der Waals surface area (Å²) < 4.78 is 5.45. The van der Waals surface area contributed by atoms with Crippen molar-refractivity contribution in [2.45, 2.75) is 25.7 Å². The molecule has 2 aromatic heterocycles. The van der Waals surface area contributed by atoms with Crippen molar-refractivity contribution in [1.29, 1.82) is 0 Å². The lowest BCUT2D eigenvalue weighted by molar-refractivity contribution is 0.122. The number of aromatic nitrogens is 4. The molecule has 2 aromatic rings. The van der Waals surface area contributed by atoms with Gasteiger partial charge >= 0.3 is 0 Å². The van der Waals surface area contributed by atoms with Crippen LogP contribution in [-0.2, 0) is 4.74 Å². The first-order valence-corrected chi connectivity index (χ1v) is 9.28. The zero-order valence-electron chi connectivity index (χ0n) is 14.8. The van der Waals surface area contributed by atoms with Crippen molar-refractivity contribution in [3.05, 3.63) is 18.5 Å². The quantitative estimate of drug-likeness (QED) is 0.892. The molecule has 8 nitrogen and oxygen atoms in total. The van der Waals surface area contributed by atoms with Crippen LogP contribution in [0.1, 0.15) is 25.7 Å². The van der Waals surface area contributed by atoms with Crippen molar-refractivity contribution in [2.75, 3.05) is 49.2 Å². The van der Waals surface area contributed by atoms with E-state index in [0.29, 0.717) is 36.5 Å². The summed E-state index contributed by atoms with van der Waals surface area (Å²) in [6.45, 7) is 4.80. The molecule has 2 aliphatic heterocycles. The summed E-state index contributed by atoms with van der Waals surface area (Å²) in [5, 5.41) is 9.78. The zero-order chi connectivity index (χ0) is 17.8. The van der Waals surface area contributed by atoms with E-state index in [1.54, 1.807) is 12.3 Å². The van der Waals surface area contributed by atoms with Gasteiger partial charge in [0.1, 0.15) is 5.75 Å². The Morgan fingerprint density at radius 3 is 2.12 bits per heavy atom. The van der Waals surface area contributed by atoms with Crippen molar-refractivity contribution in [3.63, 3.8) is 0 Å². The molecule has 0 bridgehead atoms. The molecule has 26 heavy (non-hydrogen) atoms. The smallest absolute Gasteiger partial charge is 0.230 e. The molecule has 0 radical (unpaired) electrons. The Morgan fingerprint density at radius 2 is 1.46 bits per heavy atom. The Kier molecular flexibility index (Phi) is 5.10. The maximum absolute atomic E-state index is 9.78. The molecule has 0 spiro atoms. The molecule has 2 fully saturated rings. The Balaban J connectivity index is 1.73. The molecule has 0 atom stereocenters. The lowest BCUT2D eigenvalue weighted by Gasteiger charge is -2.28. The van der Waals surface area contributed by atoms with E-state index in [0.717, 1.165) is 39.0 Å². The number of morpholine rings is 1. The van der Waals surface area contributed by atoms with Gasteiger partial charge in [-0.2, -0.15) is 15.0 Å². The Hall–Kier alpha value is -2.48. The number of aromatic hydroxyl groups is 1. The molecule has 0 aliphatic carbocycles. The summed E-state index contributed by atoms with van der Waals surface area (Å²) >= 11 is 0. The van der Waals surface area contributed by atoms with Crippen molar-refractivity contribution < 1.29 is 9.84 Å². The first-order valence-electron chi connectivity index (χ1n) is 9.28. The van der Waals surface area contributed by atoms with Crippen LogP contribution in [0.15, 0.2) is 18.5 Å². The lowest BCUT2D eigenvalue weighted by Crippen LogP contribution is -2.38. The van der Waals surface area contributed by atoms with E-state index in [2.05, 4.69) is 19.8 Å². The molecule has 4 rings (SSSR count). The van der Waals surface area contributed by atoms with Gasteiger partial charge in [-0.1, -0.05) is 12.8 Å². The van der Waals surface area contributed by atoms with Gasteiger partial charge in [0.25, 0.3) is 0 Å². The van der Waals surface area contributed by atoms with E-state index in [4.69, 9.17) is 14.7 Å². The van der Waals surface area contributed by atoms with Crippen LogP contribution >= 0.6 is 0 Å². The SMILES string of the molecule is Oc1cncc(-c2nc(N3CCCCCC3)nc(N3CCOCC3)n2)c1. The molecule has 2 saturated heterocycles. The van der Waals surface area contributed by atoms with Gasteiger partial charge in [-0.05, 0) is 18.9 Å². The van der Waals surface area contributed by atoms with Crippen molar-refractivity contribution in [2.24, 2.45) is 0 Å². The molecule has 0 aromatic carbocycles. The van der Waals surface area contributed by atoms with Gasteiger partial charge in [0, 0.05) is 37.9 Å². The van der Waals surface area contributed by atoms with Crippen LogP contribution in [0.25, 0.3) is 11.4 Å². The summed E-state index contributed by atoms with van der Waals surface area (Å²) in [4.78, 5) is 22.6. The molecule has 2 aliphatic rings. The molecule has 0 saturated carbocycles. The van der Waals surface area contributed by atoms with Gasteiger partial charge < -0.3 is 19.6 Å².